The summed E-state index contributed by atoms with van der Waals surface area (Å²) in [5.74, 6) is 0.656. The molecular formula is C21H21N5O2. The third-order valence-corrected chi connectivity index (χ3v) is 6.23. The van der Waals surface area contributed by atoms with Crippen LogP contribution in [-0.4, -0.2) is 54.9 Å². The van der Waals surface area contributed by atoms with Gasteiger partial charge in [-0.15, -0.1) is 10.2 Å². The molecule has 142 valence electrons. The van der Waals surface area contributed by atoms with Crippen molar-refractivity contribution in [2.45, 2.75) is 30.8 Å². The standard InChI is InChI=1S/C21H21N5O2/c27-18-11-15-3-1-2-4-17(15)21(18)7-9-25(10-8-21)20(28)16-5-6-19(22-12-16)26-13-23-24-14-26/h1-6,12-14,18,27H,7-11H2/t18-/m1/s1. The molecule has 1 saturated heterocycles. The highest BCUT2D eigenvalue weighted by molar-refractivity contribution is 5.94. The van der Waals surface area contributed by atoms with Crippen molar-refractivity contribution in [2.75, 3.05) is 13.1 Å². The lowest BCUT2D eigenvalue weighted by molar-refractivity contribution is 0.0365. The summed E-state index contributed by atoms with van der Waals surface area (Å²) in [6.07, 6.45) is 6.64. The Morgan fingerprint density at radius 1 is 1.07 bits per heavy atom. The molecule has 2 aromatic heterocycles. The smallest absolute Gasteiger partial charge is 0.255 e. The summed E-state index contributed by atoms with van der Waals surface area (Å²) in [6.45, 7) is 1.27. The summed E-state index contributed by atoms with van der Waals surface area (Å²) in [6, 6.07) is 11.9. The molecule has 3 heterocycles. The summed E-state index contributed by atoms with van der Waals surface area (Å²) < 4.78 is 1.69. The van der Waals surface area contributed by atoms with Crippen molar-refractivity contribution in [1.82, 2.24) is 24.6 Å². The van der Waals surface area contributed by atoms with Crippen LogP contribution in [0.1, 0.15) is 34.3 Å². The van der Waals surface area contributed by atoms with Gasteiger partial charge < -0.3 is 10.0 Å². The maximum Gasteiger partial charge on any atom is 0.255 e. The van der Waals surface area contributed by atoms with Gasteiger partial charge in [-0.1, -0.05) is 24.3 Å². The van der Waals surface area contributed by atoms with E-state index in [0.29, 0.717) is 30.9 Å². The van der Waals surface area contributed by atoms with Gasteiger partial charge >= 0.3 is 0 Å². The number of rotatable bonds is 2. The predicted octanol–water partition coefficient (Wildman–Crippen LogP) is 1.75. The first-order chi connectivity index (χ1) is 13.7. The Morgan fingerprint density at radius 3 is 2.54 bits per heavy atom. The lowest BCUT2D eigenvalue weighted by atomic mass is 9.72. The molecule has 28 heavy (non-hydrogen) atoms. The Kier molecular flexibility index (Phi) is 3.98. The zero-order valence-electron chi connectivity index (χ0n) is 15.4. The van der Waals surface area contributed by atoms with Gasteiger partial charge in [0.1, 0.15) is 18.5 Å². The minimum absolute atomic E-state index is 0.0153. The predicted molar refractivity (Wildman–Crippen MR) is 102 cm³/mol. The maximum absolute atomic E-state index is 12.9. The molecule has 1 atom stereocenters. The zero-order chi connectivity index (χ0) is 19.1. The van der Waals surface area contributed by atoms with Gasteiger partial charge in [-0.05, 0) is 42.5 Å². The fourth-order valence-electron chi connectivity index (χ4n) is 4.65. The highest BCUT2D eigenvalue weighted by atomic mass is 16.3. The van der Waals surface area contributed by atoms with Crippen LogP contribution in [0, 0.1) is 0 Å². The van der Waals surface area contributed by atoms with Crippen molar-refractivity contribution in [3.05, 3.63) is 71.9 Å². The second kappa shape index (κ2) is 6.53. The molecule has 0 unspecified atom stereocenters. The molecule has 1 aliphatic carbocycles. The fraction of sp³-hybridized carbons (Fsp3) is 0.333. The molecule has 1 aromatic carbocycles. The van der Waals surface area contributed by atoms with Crippen molar-refractivity contribution < 1.29 is 9.90 Å². The minimum Gasteiger partial charge on any atom is -0.392 e. The van der Waals surface area contributed by atoms with Gasteiger partial charge in [0.2, 0.25) is 0 Å². The molecule has 0 radical (unpaired) electrons. The Labute approximate surface area is 162 Å². The Balaban J connectivity index is 1.31. The number of carbonyl (C=O) groups excluding carboxylic acids is 1. The Morgan fingerprint density at radius 2 is 1.82 bits per heavy atom. The second-order valence-electron chi connectivity index (χ2n) is 7.60. The van der Waals surface area contributed by atoms with Crippen molar-refractivity contribution >= 4 is 5.91 Å². The number of carbonyl (C=O) groups is 1. The largest absolute Gasteiger partial charge is 0.392 e. The van der Waals surface area contributed by atoms with Crippen LogP contribution in [-0.2, 0) is 11.8 Å². The van der Waals surface area contributed by atoms with E-state index in [4.69, 9.17) is 0 Å². The zero-order valence-corrected chi connectivity index (χ0v) is 15.4. The van der Waals surface area contributed by atoms with Crippen LogP contribution >= 0.6 is 0 Å². The first kappa shape index (κ1) is 17.1. The molecule has 2 aliphatic rings. The molecule has 1 fully saturated rings. The molecule has 7 nitrogen and oxygen atoms in total. The van der Waals surface area contributed by atoms with Gasteiger partial charge in [0.05, 0.1) is 11.7 Å². The van der Waals surface area contributed by atoms with E-state index in [0.717, 1.165) is 12.8 Å². The van der Waals surface area contributed by atoms with E-state index in [-0.39, 0.29) is 17.4 Å². The quantitative estimate of drug-likeness (QED) is 0.738. The van der Waals surface area contributed by atoms with Crippen LogP contribution in [0.25, 0.3) is 5.82 Å². The number of benzene rings is 1. The van der Waals surface area contributed by atoms with Crippen LogP contribution < -0.4 is 0 Å². The average molecular weight is 375 g/mol. The van der Waals surface area contributed by atoms with E-state index in [1.807, 2.05) is 17.0 Å². The lowest BCUT2D eigenvalue weighted by Crippen LogP contribution is -2.49. The summed E-state index contributed by atoms with van der Waals surface area (Å²) in [4.78, 5) is 19.1. The van der Waals surface area contributed by atoms with Gasteiger partial charge in [-0.2, -0.15) is 0 Å². The van der Waals surface area contributed by atoms with Crippen LogP contribution in [0.2, 0.25) is 0 Å². The number of nitrogens with zero attached hydrogens (tertiary/aromatic N) is 5. The minimum atomic E-state index is -0.369. The molecule has 1 amide bonds. The van der Waals surface area contributed by atoms with Crippen LogP contribution in [0.3, 0.4) is 0 Å². The molecule has 1 spiro atoms. The number of aliphatic hydroxyl groups is 1. The molecule has 5 rings (SSSR count). The van der Waals surface area contributed by atoms with Crippen LogP contribution in [0.15, 0.2) is 55.2 Å². The van der Waals surface area contributed by atoms with E-state index in [1.54, 1.807) is 35.6 Å². The number of aliphatic hydroxyl groups excluding tert-OH is 1. The number of hydrogen-bond acceptors (Lipinski definition) is 5. The van der Waals surface area contributed by atoms with Gasteiger partial charge in [-0.3, -0.25) is 9.36 Å². The van der Waals surface area contributed by atoms with Crippen molar-refractivity contribution in [3.63, 3.8) is 0 Å². The number of amides is 1. The Hall–Kier alpha value is -3.06. The van der Waals surface area contributed by atoms with Gasteiger partial charge in [0.15, 0.2) is 0 Å². The van der Waals surface area contributed by atoms with E-state index < -0.39 is 0 Å². The number of fused-ring (bicyclic) bond motifs is 2. The number of piperidine rings is 1. The normalized spacial score (nSPS) is 20.3. The lowest BCUT2D eigenvalue weighted by Gasteiger charge is -2.42. The summed E-state index contributed by atoms with van der Waals surface area (Å²) >= 11 is 0. The summed E-state index contributed by atoms with van der Waals surface area (Å²) in [7, 11) is 0. The highest BCUT2D eigenvalue weighted by Crippen LogP contribution is 2.46. The highest BCUT2D eigenvalue weighted by Gasteiger charge is 2.48. The van der Waals surface area contributed by atoms with E-state index >= 15 is 0 Å². The number of aromatic nitrogens is 4. The molecule has 7 heteroatoms. The maximum atomic E-state index is 12.9. The molecule has 1 aliphatic heterocycles. The third kappa shape index (κ3) is 2.62. The number of pyridine rings is 1. The fourth-order valence-corrected chi connectivity index (χ4v) is 4.65. The Bertz CT molecular complexity index is 992. The SMILES string of the molecule is O=C(c1ccc(-n2cnnc2)nc1)N1CCC2(CC1)c1ccccc1C[C@H]2O. The average Bonchev–Trinajstić information content (AvgIpc) is 3.36. The van der Waals surface area contributed by atoms with Gasteiger partial charge in [-0.25, -0.2) is 4.98 Å². The van der Waals surface area contributed by atoms with E-state index in [1.165, 1.54) is 11.1 Å². The molecule has 0 bridgehead atoms. The summed E-state index contributed by atoms with van der Waals surface area (Å²) in [5.41, 5.74) is 2.85. The topological polar surface area (TPSA) is 84.1 Å². The van der Waals surface area contributed by atoms with Crippen LogP contribution in [0.5, 0.6) is 0 Å². The molecule has 1 N–H and O–H groups in total. The third-order valence-electron chi connectivity index (χ3n) is 6.23. The monoisotopic (exact) mass is 375 g/mol. The molecule has 0 saturated carbocycles. The molecule has 3 aromatic rings. The van der Waals surface area contributed by atoms with E-state index in [2.05, 4.69) is 27.3 Å². The van der Waals surface area contributed by atoms with Crippen molar-refractivity contribution in [1.29, 1.82) is 0 Å². The van der Waals surface area contributed by atoms with Crippen molar-refractivity contribution in [2.24, 2.45) is 0 Å². The molecular weight excluding hydrogens is 354 g/mol. The van der Waals surface area contributed by atoms with Crippen molar-refractivity contribution in [3.8, 4) is 5.82 Å². The number of hydrogen-bond donors (Lipinski definition) is 1. The van der Waals surface area contributed by atoms with Crippen LogP contribution in [0.4, 0.5) is 0 Å². The van der Waals surface area contributed by atoms with E-state index in [9.17, 15) is 9.90 Å². The van der Waals surface area contributed by atoms with Gasteiger partial charge in [0.25, 0.3) is 5.91 Å². The summed E-state index contributed by atoms with van der Waals surface area (Å²) in [5, 5.41) is 18.3. The first-order valence-corrected chi connectivity index (χ1v) is 9.54. The first-order valence-electron chi connectivity index (χ1n) is 9.54. The number of likely N-dealkylation sites (tertiary alicyclic amines) is 1. The second-order valence-corrected chi connectivity index (χ2v) is 7.60. The van der Waals surface area contributed by atoms with Gasteiger partial charge in [0, 0.05) is 24.7 Å².